The van der Waals surface area contributed by atoms with E-state index in [0.717, 1.165) is 0 Å². The quantitative estimate of drug-likeness (QED) is 0.605. The van der Waals surface area contributed by atoms with E-state index in [2.05, 4.69) is 10.3 Å². The van der Waals surface area contributed by atoms with Gasteiger partial charge in [0.15, 0.2) is 0 Å². The summed E-state index contributed by atoms with van der Waals surface area (Å²) in [6, 6.07) is 2.87. The Balaban J connectivity index is 2.54. The molecule has 0 radical (unpaired) electrons. The molecule has 0 saturated heterocycles. The van der Waals surface area contributed by atoms with Gasteiger partial charge in [-0.2, -0.15) is 0 Å². The molecular weight excluding hydrogens is 232 g/mol. The number of nitrogens with one attached hydrogen (secondary N) is 1. The first-order chi connectivity index (χ1) is 7.38. The summed E-state index contributed by atoms with van der Waals surface area (Å²) in [5.41, 5.74) is 5.71. The molecule has 0 aliphatic heterocycles. The predicted molar refractivity (Wildman–Crippen MR) is 59.0 cm³/mol. The standard InChI is InChI=1S/C8H12N4O3S/c9-7-5-6(1-2-11-7)8(13)12-3-4-16(10,14)15/h1-2,5H,3-4H2,(H2,9,11)(H,12,13)(H2,10,14,15). The molecule has 1 aromatic rings. The van der Waals surface area contributed by atoms with Gasteiger partial charge < -0.3 is 11.1 Å². The number of anilines is 1. The first-order valence-corrected chi connectivity index (χ1v) is 6.10. The van der Waals surface area contributed by atoms with E-state index in [4.69, 9.17) is 10.9 Å². The number of hydrogen-bond acceptors (Lipinski definition) is 5. The summed E-state index contributed by atoms with van der Waals surface area (Å²) in [5, 5.41) is 7.18. The summed E-state index contributed by atoms with van der Waals surface area (Å²) in [4.78, 5) is 15.2. The lowest BCUT2D eigenvalue weighted by Crippen LogP contribution is -2.31. The van der Waals surface area contributed by atoms with Gasteiger partial charge in [-0.1, -0.05) is 0 Å². The highest BCUT2D eigenvalue weighted by Crippen LogP contribution is 2.02. The second kappa shape index (κ2) is 4.90. The Hall–Kier alpha value is -1.67. The highest BCUT2D eigenvalue weighted by molar-refractivity contribution is 7.89. The van der Waals surface area contributed by atoms with Gasteiger partial charge in [0.05, 0.1) is 5.75 Å². The SMILES string of the molecule is Nc1cc(C(=O)NCCS(N)(=O)=O)ccn1. The fourth-order valence-electron chi connectivity index (χ4n) is 0.998. The minimum atomic E-state index is -3.56. The Morgan fingerprint density at radius 1 is 1.50 bits per heavy atom. The summed E-state index contributed by atoms with van der Waals surface area (Å²) in [6.07, 6.45) is 1.39. The molecule has 88 valence electrons. The monoisotopic (exact) mass is 244 g/mol. The van der Waals surface area contributed by atoms with E-state index < -0.39 is 15.9 Å². The number of carbonyl (C=O) groups is 1. The number of aromatic nitrogens is 1. The minimum Gasteiger partial charge on any atom is -0.384 e. The Morgan fingerprint density at radius 3 is 2.75 bits per heavy atom. The summed E-state index contributed by atoms with van der Waals surface area (Å²) in [5.74, 6) is -0.504. The normalized spacial score (nSPS) is 11.1. The van der Waals surface area contributed by atoms with Gasteiger partial charge in [-0.15, -0.1) is 0 Å². The van der Waals surface area contributed by atoms with Crippen LogP contribution in [0.1, 0.15) is 10.4 Å². The molecule has 7 nitrogen and oxygen atoms in total. The zero-order chi connectivity index (χ0) is 12.2. The van der Waals surface area contributed by atoms with Crippen LogP contribution in [-0.4, -0.2) is 31.6 Å². The number of amides is 1. The Labute approximate surface area is 92.9 Å². The maximum Gasteiger partial charge on any atom is 0.251 e. The third kappa shape index (κ3) is 4.24. The molecule has 1 rings (SSSR count). The average Bonchev–Trinajstić information content (AvgIpc) is 2.15. The number of nitrogen functional groups attached to an aromatic ring is 1. The summed E-state index contributed by atoms with van der Waals surface area (Å²) < 4.78 is 21.2. The summed E-state index contributed by atoms with van der Waals surface area (Å²) >= 11 is 0. The van der Waals surface area contributed by atoms with Crippen molar-refractivity contribution in [2.45, 2.75) is 0 Å². The molecule has 0 bridgehead atoms. The molecule has 0 aromatic carbocycles. The van der Waals surface area contributed by atoms with Crippen LogP contribution in [0.5, 0.6) is 0 Å². The van der Waals surface area contributed by atoms with Crippen LogP contribution in [0.25, 0.3) is 0 Å². The summed E-state index contributed by atoms with van der Waals surface area (Å²) in [6.45, 7) is -0.0418. The fourth-order valence-corrected chi connectivity index (χ4v) is 1.39. The van der Waals surface area contributed by atoms with Crippen molar-refractivity contribution in [2.75, 3.05) is 18.0 Å². The molecule has 16 heavy (non-hydrogen) atoms. The number of nitrogens with two attached hydrogens (primary N) is 2. The zero-order valence-electron chi connectivity index (χ0n) is 8.38. The van der Waals surface area contributed by atoms with Crippen LogP contribution in [-0.2, 0) is 10.0 Å². The Morgan fingerprint density at radius 2 is 2.19 bits per heavy atom. The van der Waals surface area contributed by atoms with Crippen molar-refractivity contribution >= 4 is 21.7 Å². The van der Waals surface area contributed by atoms with Gasteiger partial charge in [-0.25, -0.2) is 18.5 Å². The first-order valence-electron chi connectivity index (χ1n) is 4.39. The number of rotatable bonds is 4. The van der Waals surface area contributed by atoms with Crippen molar-refractivity contribution in [3.8, 4) is 0 Å². The second-order valence-corrected chi connectivity index (χ2v) is 4.83. The number of sulfonamides is 1. The molecule has 0 saturated carbocycles. The van der Waals surface area contributed by atoms with Crippen LogP contribution in [0.15, 0.2) is 18.3 Å². The molecule has 8 heteroatoms. The molecule has 5 N–H and O–H groups in total. The van der Waals surface area contributed by atoms with Gasteiger partial charge in [0.1, 0.15) is 5.82 Å². The lowest BCUT2D eigenvalue weighted by molar-refractivity contribution is 0.0956. The van der Waals surface area contributed by atoms with E-state index in [1.165, 1.54) is 18.3 Å². The Bertz CT molecular complexity index is 486. The molecule has 0 fully saturated rings. The van der Waals surface area contributed by atoms with E-state index >= 15 is 0 Å². The van der Waals surface area contributed by atoms with Gasteiger partial charge in [0.25, 0.3) is 5.91 Å². The number of hydrogen-bond donors (Lipinski definition) is 3. The van der Waals surface area contributed by atoms with E-state index in [1.807, 2.05) is 0 Å². The molecule has 1 aromatic heterocycles. The third-order valence-corrected chi connectivity index (χ3v) is 2.49. The van der Waals surface area contributed by atoms with Crippen molar-refractivity contribution in [1.82, 2.24) is 10.3 Å². The van der Waals surface area contributed by atoms with Crippen molar-refractivity contribution in [1.29, 1.82) is 0 Å². The van der Waals surface area contributed by atoms with Crippen LogP contribution in [0.2, 0.25) is 0 Å². The van der Waals surface area contributed by atoms with Gasteiger partial charge in [0.2, 0.25) is 10.0 Å². The topological polar surface area (TPSA) is 128 Å². The smallest absolute Gasteiger partial charge is 0.251 e. The van der Waals surface area contributed by atoms with E-state index in [9.17, 15) is 13.2 Å². The number of carbonyl (C=O) groups excluding carboxylic acids is 1. The number of primary sulfonamides is 1. The predicted octanol–water partition coefficient (Wildman–Crippen LogP) is -1.32. The molecule has 0 spiro atoms. The van der Waals surface area contributed by atoms with Gasteiger partial charge in [-0.3, -0.25) is 4.79 Å². The first kappa shape index (κ1) is 12.4. The van der Waals surface area contributed by atoms with Crippen LogP contribution < -0.4 is 16.2 Å². The van der Waals surface area contributed by atoms with E-state index in [0.29, 0.717) is 5.56 Å². The average molecular weight is 244 g/mol. The van der Waals surface area contributed by atoms with Gasteiger partial charge in [-0.05, 0) is 12.1 Å². The molecule has 1 heterocycles. The van der Waals surface area contributed by atoms with Crippen LogP contribution in [0.4, 0.5) is 5.82 Å². The zero-order valence-corrected chi connectivity index (χ0v) is 9.20. The molecule has 0 atom stereocenters. The maximum absolute atomic E-state index is 11.5. The molecule has 0 aliphatic rings. The largest absolute Gasteiger partial charge is 0.384 e. The van der Waals surface area contributed by atoms with Gasteiger partial charge >= 0.3 is 0 Å². The molecule has 0 aliphatic carbocycles. The molecular formula is C8H12N4O3S. The number of pyridine rings is 1. The number of nitrogens with zero attached hydrogens (tertiary/aromatic N) is 1. The van der Waals surface area contributed by atoms with Crippen molar-refractivity contribution in [2.24, 2.45) is 5.14 Å². The van der Waals surface area contributed by atoms with Crippen molar-refractivity contribution in [3.05, 3.63) is 23.9 Å². The Kier molecular flexibility index (Phi) is 3.80. The van der Waals surface area contributed by atoms with E-state index in [1.54, 1.807) is 0 Å². The third-order valence-electron chi connectivity index (χ3n) is 1.72. The fraction of sp³-hybridized carbons (Fsp3) is 0.250. The van der Waals surface area contributed by atoms with Gasteiger partial charge in [0, 0.05) is 18.3 Å². The molecule has 0 unspecified atom stereocenters. The van der Waals surface area contributed by atoms with E-state index in [-0.39, 0.29) is 18.1 Å². The highest BCUT2D eigenvalue weighted by atomic mass is 32.2. The lowest BCUT2D eigenvalue weighted by atomic mass is 10.2. The highest BCUT2D eigenvalue weighted by Gasteiger charge is 2.07. The van der Waals surface area contributed by atoms with Crippen LogP contribution >= 0.6 is 0 Å². The second-order valence-electron chi connectivity index (χ2n) is 3.09. The molecule has 1 amide bonds. The van der Waals surface area contributed by atoms with Crippen LogP contribution in [0, 0.1) is 0 Å². The lowest BCUT2D eigenvalue weighted by Gasteiger charge is -2.04. The summed E-state index contributed by atoms with van der Waals surface area (Å²) in [7, 11) is -3.56. The van der Waals surface area contributed by atoms with Crippen molar-refractivity contribution in [3.63, 3.8) is 0 Å². The van der Waals surface area contributed by atoms with Crippen LogP contribution in [0.3, 0.4) is 0 Å². The minimum absolute atomic E-state index is 0.0418. The van der Waals surface area contributed by atoms with Crippen molar-refractivity contribution < 1.29 is 13.2 Å². The maximum atomic E-state index is 11.5.